The molecule has 2 N–H and O–H groups in total. The first-order valence-corrected chi connectivity index (χ1v) is 6.18. The van der Waals surface area contributed by atoms with Crippen molar-refractivity contribution < 1.29 is 0 Å². The van der Waals surface area contributed by atoms with Crippen LogP contribution in [0.1, 0.15) is 38.2 Å². The van der Waals surface area contributed by atoms with Crippen LogP contribution in [-0.2, 0) is 0 Å². The van der Waals surface area contributed by atoms with Crippen molar-refractivity contribution in [3.8, 4) is 6.07 Å². The molecule has 17 heavy (non-hydrogen) atoms. The minimum atomic E-state index is 0.506. The molecule has 4 heteroatoms. The average Bonchev–Trinajstić information content (AvgIpc) is 2.38. The summed E-state index contributed by atoms with van der Waals surface area (Å²) in [6.07, 6.45) is 6.36. The smallest absolute Gasteiger partial charge is 0.146 e. The summed E-state index contributed by atoms with van der Waals surface area (Å²) >= 11 is 0. The number of hydrogen-bond donors (Lipinski definition) is 1. The molecule has 2 heterocycles. The summed E-state index contributed by atoms with van der Waals surface area (Å²) in [5.41, 5.74) is 6.81. The number of aromatic nitrogens is 1. The fraction of sp³-hybridized carbons (Fsp3) is 0.538. The Kier molecular flexibility index (Phi) is 3.48. The van der Waals surface area contributed by atoms with Crippen molar-refractivity contribution in [3.05, 3.63) is 17.8 Å². The predicted molar refractivity (Wildman–Crippen MR) is 68.6 cm³/mol. The summed E-state index contributed by atoms with van der Waals surface area (Å²) in [4.78, 5) is 6.61. The van der Waals surface area contributed by atoms with Crippen LogP contribution >= 0.6 is 0 Å². The number of piperidine rings is 1. The molecule has 1 aliphatic heterocycles. The molecule has 1 aromatic rings. The van der Waals surface area contributed by atoms with Gasteiger partial charge in [-0.2, -0.15) is 5.26 Å². The number of nitrogens with zero attached hydrogens (tertiary/aromatic N) is 3. The molecule has 1 aliphatic rings. The second-order valence-corrected chi connectivity index (χ2v) is 4.50. The van der Waals surface area contributed by atoms with E-state index in [1.807, 2.05) is 0 Å². The van der Waals surface area contributed by atoms with Crippen LogP contribution in [0.25, 0.3) is 0 Å². The first kappa shape index (κ1) is 11.7. The number of nitrogen functional groups attached to an aromatic ring is 1. The van der Waals surface area contributed by atoms with Crippen LogP contribution in [0.15, 0.2) is 12.3 Å². The summed E-state index contributed by atoms with van der Waals surface area (Å²) in [5.74, 6) is 0.799. The van der Waals surface area contributed by atoms with E-state index in [9.17, 15) is 0 Å². The number of rotatable bonds is 2. The first-order chi connectivity index (χ1) is 8.26. The number of anilines is 2. The van der Waals surface area contributed by atoms with Crippen LogP contribution in [0.2, 0.25) is 0 Å². The van der Waals surface area contributed by atoms with Gasteiger partial charge in [0.2, 0.25) is 0 Å². The zero-order valence-corrected chi connectivity index (χ0v) is 10.2. The summed E-state index contributed by atoms with van der Waals surface area (Å²) in [5, 5.41) is 9.16. The Morgan fingerprint density at radius 3 is 3.12 bits per heavy atom. The lowest BCUT2D eigenvalue weighted by atomic mass is 9.99. The Bertz CT molecular complexity index is 436. The molecule has 0 radical (unpaired) electrons. The van der Waals surface area contributed by atoms with Gasteiger partial charge in [-0.1, -0.05) is 6.92 Å². The van der Waals surface area contributed by atoms with Gasteiger partial charge in [0.15, 0.2) is 0 Å². The van der Waals surface area contributed by atoms with Gasteiger partial charge in [0.05, 0.1) is 17.4 Å². The Balaban J connectivity index is 2.35. The highest BCUT2D eigenvalue weighted by Crippen LogP contribution is 2.28. The molecule has 1 saturated heterocycles. The van der Waals surface area contributed by atoms with E-state index in [4.69, 9.17) is 11.0 Å². The van der Waals surface area contributed by atoms with E-state index in [0.29, 0.717) is 17.3 Å². The van der Waals surface area contributed by atoms with Crippen molar-refractivity contribution in [3.63, 3.8) is 0 Å². The van der Waals surface area contributed by atoms with Gasteiger partial charge in [0.25, 0.3) is 0 Å². The molecular weight excluding hydrogens is 212 g/mol. The van der Waals surface area contributed by atoms with Gasteiger partial charge >= 0.3 is 0 Å². The fourth-order valence-corrected chi connectivity index (χ4v) is 2.49. The summed E-state index contributed by atoms with van der Waals surface area (Å²) in [6, 6.07) is 4.41. The molecule has 90 valence electrons. The Morgan fingerprint density at radius 2 is 2.41 bits per heavy atom. The third kappa shape index (κ3) is 2.33. The van der Waals surface area contributed by atoms with Crippen molar-refractivity contribution in [2.75, 3.05) is 17.2 Å². The first-order valence-electron chi connectivity index (χ1n) is 6.18. The standard InChI is InChI=1S/C13H18N4/c1-2-12-5-3-4-6-17(12)13-10(8-14)7-11(15)9-16-13/h7,9,12H,2-6,15H2,1H3. The quantitative estimate of drug-likeness (QED) is 0.846. The second-order valence-electron chi connectivity index (χ2n) is 4.50. The van der Waals surface area contributed by atoms with Crippen molar-refractivity contribution in [1.82, 2.24) is 4.98 Å². The Hall–Kier alpha value is -1.76. The lowest BCUT2D eigenvalue weighted by Gasteiger charge is -2.36. The molecule has 2 rings (SSSR count). The van der Waals surface area contributed by atoms with Gasteiger partial charge in [-0.25, -0.2) is 4.98 Å². The number of nitrogens with two attached hydrogens (primary N) is 1. The van der Waals surface area contributed by atoms with E-state index in [1.54, 1.807) is 12.3 Å². The SMILES string of the molecule is CCC1CCCCN1c1ncc(N)cc1C#N. The highest BCUT2D eigenvalue weighted by molar-refractivity contribution is 5.59. The highest BCUT2D eigenvalue weighted by atomic mass is 15.2. The van der Waals surface area contributed by atoms with Crippen molar-refractivity contribution >= 4 is 11.5 Å². The van der Waals surface area contributed by atoms with E-state index in [0.717, 1.165) is 18.8 Å². The normalized spacial score (nSPS) is 20.0. The largest absolute Gasteiger partial charge is 0.397 e. The molecule has 0 bridgehead atoms. The van der Waals surface area contributed by atoms with Crippen LogP contribution in [0, 0.1) is 11.3 Å². The van der Waals surface area contributed by atoms with Crippen molar-refractivity contribution in [1.29, 1.82) is 5.26 Å². The van der Waals surface area contributed by atoms with Crippen LogP contribution < -0.4 is 10.6 Å². The third-order valence-electron chi connectivity index (χ3n) is 3.38. The van der Waals surface area contributed by atoms with Crippen LogP contribution in [-0.4, -0.2) is 17.6 Å². The lowest BCUT2D eigenvalue weighted by molar-refractivity contribution is 0.446. The van der Waals surface area contributed by atoms with Gasteiger partial charge in [0, 0.05) is 12.6 Å². The molecule has 0 amide bonds. The lowest BCUT2D eigenvalue weighted by Crippen LogP contribution is -2.40. The number of nitriles is 1. The zero-order valence-electron chi connectivity index (χ0n) is 10.2. The van der Waals surface area contributed by atoms with Gasteiger partial charge in [-0.05, 0) is 31.7 Å². The van der Waals surface area contributed by atoms with E-state index in [2.05, 4.69) is 22.9 Å². The maximum Gasteiger partial charge on any atom is 0.146 e. The van der Waals surface area contributed by atoms with Gasteiger partial charge in [-0.15, -0.1) is 0 Å². The van der Waals surface area contributed by atoms with Crippen LogP contribution in [0.4, 0.5) is 11.5 Å². The van der Waals surface area contributed by atoms with Gasteiger partial charge < -0.3 is 10.6 Å². The monoisotopic (exact) mass is 230 g/mol. The minimum Gasteiger partial charge on any atom is -0.397 e. The maximum absolute atomic E-state index is 9.16. The van der Waals surface area contributed by atoms with Crippen molar-refractivity contribution in [2.45, 2.75) is 38.6 Å². The molecule has 4 nitrogen and oxygen atoms in total. The molecule has 1 unspecified atom stereocenters. The zero-order chi connectivity index (χ0) is 12.3. The van der Waals surface area contributed by atoms with Crippen LogP contribution in [0.5, 0.6) is 0 Å². The molecule has 0 aromatic carbocycles. The number of pyridine rings is 1. The molecule has 0 aliphatic carbocycles. The second kappa shape index (κ2) is 5.05. The predicted octanol–water partition coefficient (Wildman–Crippen LogP) is 2.30. The Morgan fingerprint density at radius 1 is 1.59 bits per heavy atom. The Labute approximate surface area is 102 Å². The minimum absolute atomic E-state index is 0.506. The summed E-state index contributed by atoms with van der Waals surface area (Å²) in [6.45, 7) is 3.18. The fourth-order valence-electron chi connectivity index (χ4n) is 2.49. The molecule has 0 spiro atoms. The molecular formula is C13H18N4. The van der Waals surface area contributed by atoms with Crippen molar-refractivity contribution in [2.24, 2.45) is 0 Å². The van der Waals surface area contributed by atoms with E-state index >= 15 is 0 Å². The summed E-state index contributed by atoms with van der Waals surface area (Å²) in [7, 11) is 0. The van der Waals surface area contributed by atoms with E-state index < -0.39 is 0 Å². The van der Waals surface area contributed by atoms with Gasteiger partial charge in [0.1, 0.15) is 11.9 Å². The highest BCUT2D eigenvalue weighted by Gasteiger charge is 2.24. The van der Waals surface area contributed by atoms with E-state index in [1.165, 1.54) is 19.3 Å². The topological polar surface area (TPSA) is 65.9 Å². The molecule has 1 fully saturated rings. The average molecular weight is 230 g/mol. The number of hydrogen-bond acceptors (Lipinski definition) is 4. The van der Waals surface area contributed by atoms with E-state index in [-0.39, 0.29) is 0 Å². The van der Waals surface area contributed by atoms with Crippen LogP contribution in [0.3, 0.4) is 0 Å². The molecule has 1 aromatic heterocycles. The maximum atomic E-state index is 9.16. The molecule has 0 saturated carbocycles. The van der Waals surface area contributed by atoms with Gasteiger partial charge in [-0.3, -0.25) is 0 Å². The molecule has 1 atom stereocenters. The third-order valence-corrected chi connectivity index (χ3v) is 3.38. The summed E-state index contributed by atoms with van der Waals surface area (Å²) < 4.78 is 0.